The second kappa shape index (κ2) is 14.0. The summed E-state index contributed by atoms with van der Waals surface area (Å²) < 4.78 is 21.3. The third-order valence-corrected chi connectivity index (χ3v) is 7.64. The van der Waals surface area contributed by atoms with Crippen molar-refractivity contribution in [2.24, 2.45) is 5.41 Å². The topological polar surface area (TPSA) is 162 Å². The number of ether oxygens (including phenoxy) is 1. The number of halogens is 2. The molecule has 0 radical (unpaired) electrons. The summed E-state index contributed by atoms with van der Waals surface area (Å²) in [5.74, 6) is -1.55. The van der Waals surface area contributed by atoms with Crippen LogP contribution < -0.4 is 10.6 Å². The highest BCUT2D eigenvalue weighted by atomic mass is 35.5. The minimum Gasteiger partial charge on any atom is -0.447 e. The molecule has 1 atom stereocenters. The number of guanidine groups is 1. The number of carbonyl (C=O) groups is 2. The summed E-state index contributed by atoms with van der Waals surface area (Å²) in [6, 6.07) is 8.02. The van der Waals surface area contributed by atoms with E-state index in [0.717, 1.165) is 17.7 Å². The summed E-state index contributed by atoms with van der Waals surface area (Å²) in [6.45, 7) is 6.19. The van der Waals surface area contributed by atoms with Crippen molar-refractivity contribution in [3.8, 4) is 22.6 Å². The molecule has 14 heteroatoms. The molecular formula is C32H35ClFN9O3. The molecule has 240 valence electrons. The zero-order valence-electron chi connectivity index (χ0n) is 25.7. The van der Waals surface area contributed by atoms with E-state index < -0.39 is 23.9 Å². The van der Waals surface area contributed by atoms with E-state index in [2.05, 4.69) is 56.6 Å². The maximum atomic E-state index is 15.7. The second-order valence-corrected chi connectivity index (χ2v) is 12.6. The number of benzene rings is 2. The minimum absolute atomic E-state index is 0.0385. The molecule has 0 unspecified atom stereocenters. The van der Waals surface area contributed by atoms with Crippen molar-refractivity contribution in [3.63, 3.8) is 0 Å². The van der Waals surface area contributed by atoms with Crippen LogP contribution in [-0.2, 0) is 4.74 Å². The summed E-state index contributed by atoms with van der Waals surface area (Å²) in [5.41, 5.74) is 1.45. The fourth-order valence-electron chi connectivity index (χ4n) is 4.64. The third kappa shape index (κ3) is 8.21. The molecule has 2 amide bonds. The Labute approximate surface area is 270 Å². The SMILES string of the molecule is CC(C)(C)CCNC(=N)N(C(=O)c1ccc(-c2cnccn2)cc1F)[C@H](COC(=O)NC1CC1)c1ccc(Cl)c(-c2ncn[nH]2)c1. The first-order valence-electron chi connectivity index (χ1n) is 14.8. The van der Waals surface area contributed by atoms with E-state index in [4.69, 9.17) is 21.7 Å². The first kappa shape index (κ1) is 32.5. The van der Waals surface area contributed by atoms with Crippen LogP contribution in [0.25, 0.3) is 22.6 Å². The van der Waals surface area contributed by atoms with Gasteiger partial charge in [-0.25, -0.2) is 14.2 Å². The zero-order chi connectivity index (χ0) is 32.8. The lowest BCUT2D eigenvalue weighted by Gasteiger charge is -2.33. The van der Waals surface area contributed by atoms with E-state index in [-0.39, 0.29) is 29.6 Å². The van der Waals surface area contributed by atoms with Crippen molar-refractivity contribution in [2.75, 3.05) is 13.2 Å². The maximum absolute atomic E-state index is 15.7. The minimum atomic E-state index is -1.06. The Balaban J connectivity index is 1.55. The van der Waals surface area contributed by atoms with Gasteiger partial charge in [-0.1, -0.05) is 44.5 Å². The van der Waals surface area contributed by atoms with Crippen LogP contribution in [0.4, 0.5) is 9.18 Å². The van der Waals surface area contributed by atoms with Crippen LogP contribution >= 0.6 is 11.6 Å². The van der Waals surface area contributed by atoms with Gasteiger partial charge in [-0.15, -0.1) is 0 Å². The Kier molecular flexibility index (Phi) is 9.90. The molecule has 1 aliphatic rings. The number of H-pyrrole nitrogens is 1. The maximum Gasteiger partial charge on any atom is 0.407 e. The third-order valence-electron chi connectivity index (χ3n) is 7.31. The first-order valence-corrected chi connectivity index (χ1v) is 15.2. The van der Waals surface area contributed by atoms with Crippen LogP contribution in [0.15, 0.2) is 61.3 Å². The Hall–Kier alpha value is -4.91. The van der Waals surface area contributed by atoms with Gasteiger partial charge in [0, 0.05) is 36.1 Å². The number of aromatic amines is 1. The van der Waals surface area contributed by atoms with Gasteiger partial charge in [0.2, 0.25) is 0 Å². The molecule has 1 saturated carbocycles. The van der Waals surface area contributed by atoms with E-state index in [0.29, 0.717) is 46.2 Å². The molecule has 0 spiro atoms. The molecule has 0 bridgehead atoms. The molecule has 1 fully saturated rings. The summed E-state index contributed by atoms with van der Waals surface area (Å²) in [7, 11) is 0. The summed E-state index contributed by atoms with van der Waals surface area (Å²) >= 11 is 6.50. The van der Waals surface area contributed by atoms with Gasteiger partial charge in [-0.2, -0.15) is 5.10 Å². The van der Waals surface area contributed by atoms with Crippen molar-refractivity contribution in [2.45, 2.75) is 52.1 Å². The summed E-state index contributed by atoms with van der Waals surface area (Å²) in [5, 5.41) is 21.9. The number of rotatable bonds is 10. The number of alkyl carbamates (subject to hydrolysis) is 1. The number of aromatic nitrogens is 5. The molecule has 4 N–H and O–H groups in total. The van der Waals surface area contributed by atoms with Crippen molar-refractivity contribution in [3.05, 3.63) is 83.3 Å². The van der Waals surface area contributed by atoms with Crippen LogP contribution in [-0.4, -0.2) is 67.2 Å². The van der Waals surface area contributed by atoms with Gasteiger partial charge in [0.15, 0.2) is 11.8 Å². The lowest BCUT2D eigenvalue weighted by atomic mass is 9.92. The van der Waals surface area contributed by atoms with Crippen LogP contribution in [0.3, 0.4) is 0 Å². The predicted octanol–water partition coefficient (Wildman–Crippen LogP) is 5.75. The van der Waals surface area contributed by atoms with Crippen LogP contribution in [0.5, 0.6) is 0 Å². The Bertz CT molecular complexity index is 1690. The number of amides is 2. The molecule has 46 heavy (non-hydrogen) atoms. The highest BCUT2D eigenvalue weighted by molar-refractivity contribution is 6.33. The Morgan fingerprint density at radius 3 is 2.63 bits per heavy atom. The Morgan fingerprint density at radius 2 is 1.98 bits per heavy atom. The molecular weight excluding hydrogens is 613 g/mol. The lowest BCUT2D eigenvalue weighted by Crippen LogP contribution is -2.49. The van der Waals surface area contributed by atoms with Crippen LogP contribution in [0.1, 0.15) is 62.0 Å². The quantitative estimate of drug-likeness (QED) is 0.125. The number of hydrogen-bond acceptors (Lipinski definition) is 8. The average molecular weight is 648 g/mol. The van der Waals surface area contributed by atoms with Gasteiger partial charge >= 0.3 is 6.09 Å². The van der Waals surface area contributed by atoms with Gasteiger partial charge in [0.05, 0.1) is 28.5 Å². The lowest BCUT2D eigenvalue weighted by molar-refractivity contribution is 0.0691. The highest BCUT2D eigenvalue weighted by Gasteiger charge is 2.34. The average Bonchev–Trinajstić information content (AvgIpc) is 3.66. The highest BCUT2D eigenvalue weighted by Crippen LogP contribution is 2.32. The zero-order valence-corrected chi connectivity index (χ0v) is 26.4. The smallest absolute Gasteiger partial charge is 0.407 e. The Morgan fingerprint density at radius 1 is 1.17 bits per heavy atom. The van der Waals surface area contributed by atoms with Gasteiger partial charge in [-0.3, -0.25) is 30.2 Å². The fourth-order valence-corrected chi connectivity index (χ4v) is 4.85. The molecule has 4 aromatic rings. The van der Waals surface area contributed by atoms with Crippen LogP contribution in [0, 0.1) is 16.6 Å². The van der Waals surface area contributed by atoms with Gasteiger partial charge in [-0.05, 0) is 54.5 Å². The van der Waals surface area contributed by atoms with Gasteiger partial charge in [0.25, 0.3) is 5.91 Å². The van der Waals surface area contributed by atoms with Crippen molar-refractivity contribution in [1.82, 2.24) is 40.7 Å². The first-order chi connectivity index (χ1) is 22.0. The van der Waals surface area contributed by atoms with E-state index in [1.165, 1.54) is 37.1 Å². The molecule has 12 nitrogen and oxygen atoms in total. The van der Waals surface area contributed by atoms with Gasteiger partial charge < -0.3 is 15.4 Å². The van der Waals surface area contributed by atoms with Crippen molar-refractivity contribution < 1.29 is 18.7 Å². The standard InChI is InChI=1S/C32H35ClFN9O3/c1-32(2,3)10-11-38-30(35)43(29(44)22-8-4-19(15-25(22)34)26-16-36-12-13-37-26)27(17-46-31(45)41-21-6-7-21)20-5-9-24(33)23(14-20)28-39-18-40-42-28/h4-5,8-9,12-16,18,21,27H,6-7,10-11,17H2,1-3H3,(H2,35,38)(H,41,45)(H,39,40,42)/t27-/m1/s1. The molecule has 0 saturated heterocycles. The molecule has 1 aliphatic carbocycles. The molecule has 2 aromatic carbocycles. The number of nitrogens with zero attached hydrogens (tertiary/aromatic N) is 5. The molecule has 5 rings (SSSR count). The van der Waals surface area contributed by atoms with E-state index in [1.54, 1.807) is 24.3 Å². The predicted molar refractivity (Wildman–Crippen MR) is 170 cm³/mol. The van der Waals surface area contributed by atoms with E-state index in [9.17, 15) is 9.59 Å². The number of hydrogen-bond donors (Lipinski definition) is 4. The monoisotopic (exact) mass is 647 g/mol. The van der Waals surface area contributed by atoms with Crippen molar-refractivity contribution in [1.29, 1.82) is 5.41 Å². The molecule has 0 aliphatic heterocycles. The summed E-state index contributed by atoms with van der Waals surface area (Å²) in [4.78, 5) is 40.5. The van der Waals surface area contributed by atoms with E-state index >= 15 is 4.39 Å². The second-order valence-electron chi connectivity index (χ2n) is 12.2. The fraction of sp³-hybridized carbons (Fsp3) is 0.344. The van der Waals surface area contributed by atoms with Crippen molar-refractivity contribution >= 4 is 29.6 Å². The van der Waals surface area contributed by atoms with Crippen LogP contribution in [0.2, 0.25) is 5.02 Å². The van der Waals surface area contributed by atoms with Gasteiger partial charge in [0.1, 0.15) is 18.8 Å². The molecule has 2 aromatic heterocycles. The number of carbonyl (C=O) groups excluding carboxylic acids is 2. The number of nitrogens with one attached hydrogen (secondary N) is 4. The van der Waals surface area contributed by atoms with E-state index in [1.807, 2.05) is 0 Å². The molecule has 2 heterocycles. The normalized spacial score (nSPS) is 13.5. The summed E-state index contributed by atoms with van der Waals surface area (Å²) in [6.07, 6.45) is 7.55. The largest absolute Gasteiger partial charge is 0.447 e.